The molecular weight excluding hydrogens is 212 g/mol. The maximum Gasteiger partial charge on any atom is 0.0817 e. The number of piperidine rings is 1. The number of hydrogen-bond acceptors (Lipinski definition) is 3. The van der Waals surface area contributed by atoms with Crippen LogP contribution in [0.5, 0.6) is 0 Å². The Morgan fingerprint density at radius 1 is 1.29 bits per heavy atom. The molecule has 17 heavy (non-hydrogen) atoms. The second-order valence-electron chi connectivity index (χ2n) is 4.82. The fourth-order valence-corrected chi connectivity index (χ4v) is 2.62. The van der Waals surface area contributed by atoms with Crippen LogP contribution in [0.15, 0.2) is 30.3 Å². The first kappa shape index (κ1) is 12.6. The third-order valence-corrected chi connectivity index (χ3v) is 3.58. The van der Waals surface area contributed by atoms with E-state index in [0.717, 1.165) is 19.5 Å². The summed E-state index contributed by atoms with van der Waals surface area (Å²) in [6, 6.07) is 10.7. The number of likely N-dealkylation sites (tertiary alicyclic amines) is 1. The van der Waals surface area contributed by atoms with Crippen molar-refractivity contribution in [2.45, 2.75) is 38.0 Å². The van der Waals surface area contributed by atoms with Gasteiger partial charge in [-0.2, -0.15) is 0 Å². The van der Waals surface area contributed by atoms with E-state index in [1.165, 1.54) is 18.4 Å². The molecule has 3 nitrogen and oxygen atoms in total. The summed E-state index contributed by atoms with van der Waals surface area (Å²) in [6.07, 6.45) is 3.10. The zero-order chi connectivity index (χ0) is 12.1. The van der Waals surface area contributed by atoms with Crippen LogP contribution >= 0.6 is 0 Å². The van der Waals surface area contributed by atoms with E-state index in [-0.39, 0.29) is 12.1 Å². The molecule has 1 heterocycles. The van der Waals surface area contributed by atoms with Crippen molar-refractivity contribution >= 4 is 0 Å². The second-order valence-corrected chi connectivity index (χ2v) is 4.82. The van der Waals surface area contributed by atoms with E-state index in [4.69, 9.17) is 5.73 Å². The summed E-state index contributed by atoms with van der Waals surface area (Å²) in [4.78, 5) is 2.37. The van der Waals surface area contributed by atoms with E-state index in [1.54, 1.807) is 0 Å². The van der Waals surface area contributed by atoms with Gasteiger partial charge in [0.05, 0.1) is 6.10 Å². The first-order valence-electron chi connectivity index (χ1n) is 6.47. The summed E-state index contributed by atoms with van der Waals surface area (Å²) in [5.41, 5.74) is 6.89. The molecule has 0 aromatic heterocycles. The van der Waals surface area contributed by atoms with E-state index in [1.807, 2.05) is 6.07 Å². The highest BCUT2D eigenvalue weighted by Gasteiger charge is 2.27. The molecule has 1 aromatic rings. The average molecular weight is 234 g/mol. The third-order valence-electron chi connectivity index (χ3n) is 3.58. The van der Waals surface area contributed by atoms with E-state index >= 15 is 0 Å². The summed E-state index contributed by atoms with van der Waals surface area (Å²) >= 11 is 0. The predicted molar refractivity (Wildman–Crippen MR) is 69.6 cm³/mol. The highest BCUT2D eigenvalue weighted by atomic mass is 16.3. The molecule has 1 saturated heterocycles. The summed E-state index contributed by atoms with van der Waals surface area (Å²) in [5, 5.41) is 9.96. The zero-order valence-electron chi connectivity index (χ0n) is 10.3. The van der Waals surface area contributed by atoms with Crippen LogP contribution in [0.1, 0.15) is 24.8 Å². The van der Waals surface area contributed by atoms with Gasteiger partial charge in [0.25, 0.3) is 0 Å². The Morgan fingerprint density at radius 3 is 2.76 bits per heavy atom. The Kier molecular flexibility index (Phi) is 4.54. The molecule has 94 valence electrons. The van der Waals surface area contributed by atoms with Crippen LogP contribution < -0.4 is 5.73 Å². The van der Waals surface area contributed by atoms with Crippen LogP contribution in [0.25, 0.3) is 0 Å². The van der Waals surface area contributed by atoms with Gasteiger partial charge in [0.2, 0.25) is 0 Å². The zero-order valence-corrected chi connectivity index (χ0v) is 10.3. The van der Waals surface area contributed by atoms with Gasteiger partial charge in [-0.05, 0) is 24.9 Å². The van der Waals surface area contributed by atoms with Crippen LogP contribution in [0.3, 0.4) is 0 Å². The second kappa shape index (κ2) is 6.15. The van der Waals surface area contributed by atoms with Gasteiger partial charge in [-0.15, -0.1) is 0 Å². The fourth-order valence-electron chi connectivity index (χ4n) is 2.62. The minimum atomic E-state index is -0.390. The lowest BCUT2D eigenvalue weighted by atomic mass is 9.96. The van der Waals surface area contributed by atoms with E-state index < -0.39 is 0 Å². The molecular formula is C14H22N2O. The topological polar surface area (TPSA) is 49.5 Å². The predicted octanol–water partition coefficient (Wildman–Crippen LogP) is 1.36. The standard InChI is InChI=1S/C14H22N2O/c15-10-14(17)13-8-4-5-9-16(13)11-12-6-2-1-3-7-12/h1-3,6-7,13-14,17H,4-5,8-11,15H2. The van der Waals surface area contributed by atoms with E-state index in [2.05, 4.69) is 29.2 Å². The molecule has 3 N–H and O–H groups in total. The molecule has 0 aliphatic carbocycles. The Bertz CT molecular complexity index is 328. The smallest absolute Gasteiger partial charge is 0.0817 e. The number of hydrogen-bond donors (Lipinski definition) is 2. The number of benzene rings is 1. The quantitative estimate of drug-likeness (QED) is 0.827. The molecule has 2 atom stereocenters. The number of aliphatic hydroxyl groups is 1. The number of aliphatic hydroxyl groups excluding tert-OH is 1. The number of nitrogens with two attached hydrogens (primary N) is 1. The summed E-state index contributed by atoms with van der Waals surface area (Å²) in [5.74, 6) is 0. The third kappa shape index (κ3) is 3.28. The van der Waals surface area contributed by atoms with Gasteiger partial charge >= 0.3 is 0 Å². The highest BCUT2D eigenvalue weighted by Crippen LogP contribution is 2.21. The van der Waals surface area contributed by atoms with Crippen molar-refractivity contribution in [3.8, 4) is 0 Å². The van der Waals surface area contributed by atoms with Crippen molar-refractivity contribution in [1.29, 1.82) is 0 Å². The minimum Gasteiger partial charge on any atom is -0.390 e. The summed E-state index contributed by atoms with van der Waals surface area (Å²) in [7, 11) is 0. The van der Waals surface area contributed by atoms with Crippen molar-refractivity contribution in [3.05, 3.63) is 35.9 Å². The average Bonchev–Trinajstić information content (AvgIpc) is 2.40. The molecule has 0 spiro atoms. The molecule has 2 unspecified atom stereocenters. The first-order chi connectivity index (χ1) is 8.31. The molecule has 0 saturated carbocycles. The van der Waals surface area contributed by atoms with Crippen LogP contribution in [0.4, 0.5) is 0 Å². The molecule has 1 fully saturated rings. The van der Waals surface area contributed by atoms with Gasteiger partial charge < -0.3 is 10.8 Å². The van der Waals surface area contributed by atoms with E-state index in [9.17, 15) is 5.11 Å². The van der Waals surface area contributed by atoms with Crippen LogP contribution in [-0.4, -0.2) is 35.2 Å². The highest BCUT2D eigenvalue weighted by molar-refractivity contribution is 5.14. The Morgan fingerprint density at radius 2 is 2.06 bits per heavy atom. The lowest BCUT2D eigenvalue weighted by Gasteiger charge is -2.38. The van der Waals surface area contributed by atoms with Crippen LogP contribution in [0.2, 0.25) is 0 Å². The largest absolute Gasteiger partial charge is 0.390 e. The van der Waals surface area contributed by atoms with Crippen molar-refractivity contribution in [2.24, 2.45) is 5.73 Å². The van der Waals surface area contributed by atoms with Gasteiger partial charge in [-0.3, -0.25) is 4.90 Å². The van der Waals surface area contributed by atoms with Crippen LogP contribution in [-0.2, 0) is 6.54 Å². The number of rotatable bonds is 4. The molecule has 0 amide bonds. The van der Waals surface area contributed by atoms with Crippen molar-refractivity contribution < 1.29 is 5.11 Å². The normalized spacial score (nSPS) is 23.5. The van der Waals surface area contributed by atoms with Crippen molar-refractivity contribution in [1.82, 2.24) is 4.90 Å². The lowest BCUT2D eigenvalue weighted by Crippen LogP contribution is -2.48. The van der Waals surface area contributed by atoms with Gasteiger partial charge in [-0.25, -0.2) is 0 Å². The van der Waals surface area contributed by atoms with Gasteiger partial charge in [0.1, 0.15) is 0 Å². The molecule has 1 aromatic carbocycles. The Hall–Kier alpha value is -0.900. The molecule has 1 aliphatic heterocycles. The number of nitrogens with zero attached hydrogens (tertiary/aromatic N) is 1. The molecule has 3 heteroatoms. The van der Waals surface area contributed by atoms with Crippen molar-refractivity contribution in [3.63, 3.8) is 0 Å². The van der Waals surface area contributed by atoms with Gasteiger partial charge in [-0.1, -0.05) is 36.8 Å². The summed E-state index contributed by atoms with van der Waals surface area (Å²) in [6.45, 7) is 2.34. The van der Waals surface area contributed by atoms with Crippen molar-refractivity contribution in [2.75, 3.05) is 13.1 Å². The minimum absolute atomic E-state index is 0.231. The first-order valence-corrected chi connectivity index (χ1v) is 6.47. The van der Waals surface area contributed by atoms with E-state index in [0.29, 0.717) is 6.54 Å². The maximum atomic E-state index is 9.96. The Balaban J connectivity index is 2.01. The fraction of sp³-hybridized carbons (Fsp3) is 0.571. The maximum absolute atomic E-state index is 9.96. The monoisotopic (exact) mass is 234 g/mol. The molecule has 0 bridgehead atoms. The molecule has 2 rings (SSSR count). The van der Waals surface area contributed by atoms with Crippen LogP contribution in [0, 0.1) is 0 Å². The lowest BCUT2D eigenvalue weighted by molar-refractivity contribution is 0.0263. The summed E-state index contributed by atoms with van der Waals surface area (Å²) < 4.78 is 0. The van der Waals surface area contributed by atoms with Gasteiger partial charge in [0.15, 0.2) is 0 Å². The molecule has 0 radical (unpaired) electrons. The molecule has 1 aliphatic rings. The van der Waals surface area contributed by atoms with Gasteiger partial charge in [0, 0.05) is 19.1 Å². The SMILES string of the molecule is NCC(O)C1CCCCN1Cc1ccccc1. The Labute approximate surface area is 103 Å².